The fraction of sp³-hybridized carbons (Fsp3) is 0.442. The minimum absolute atomic E-state index is 0.181. The summed E-state index contributed by atoms with van der Waals surface area (Å²) in [5.74, 6) is -5.34. The molecule has 2 aromatic carbocycles. The van der Waals surface area contributed by atoms with Crippen LogP contribution in [0.25, 0.3) is 0 Å². The molecule has 12 atom stereocenters. The molecule has 28 heteroatoms. The number of benzene rings is 2. The van der Waals surface area contributed by atoms with Gasteiger partial charge in [0.1, 0.15) is 73.3 Å². The van der Waals surface area contributed by atoms with Crippen LogP contribution >= 0.6 is 0 Å². The third-order valence-corrected chi connectivity index (χ3v) is 13.1. The summed E-state index contributed by atoms with van der Waals surface area (Å²) in [6.45, 7) is 4.78. The monoisotopic (exact) mass is 1120 g/mol. The molecule has 28 nitrogen and oxygen atoms in total. The number of rotatable bonds is 24. The van der Waals surface area contributed by atoms with Gasteiger partial charge in [-0.15, -0.1) is 0 Å². The number of amides is 7. The Kier molecular flexibility index (Phi) is 21.0. The fourth-order valence-corrected chi connectivity index (χ4v) is 8.53. The van der Waals surface area contributed by atoms with Crippen molar-refractivity contribution in [2.45, 2.75) is 126 Å². The van der Waals surface area contributed by atoms with Gasteiger partial charge in [0.25, 0.3) is 11.8 Å². The van der Waals surface area contributed by atoms with Crippen molar-refractivity contribution in [1.82, 2.24) is 25.9 Å². The number of carbonyl (C=O) groups is 7. The fourth-order valence-electron chi connectivity index (χ4n) is 8.53. The molecule has 432 valence electrons. The van der Waals surface area contributed by atoms with E-state index in [0.717, 1.165) is 18.1 Å². The van der Waals surface area contributed by atoms with Crippen molar-refractivity contribution >= 4 is 64.4 Å². The van der Waals surface area contributed by atoms with Crippen LogP contribution in [0.2, 0.25) is 0 Å². The average Bonchev–Trinajstić information content (AvgIpc) is 3.84. The van der Waals surface area contributed by atoms with E-state index in [4.69, 9.17) is 19.9 Å². The number of fused-ring (bicyclic) bond motifs is 1. The summed E-state index contributed by atoms with van der Waals surface area (Å²) >= 11 is 0. The number of nitrogens with two attached hydrogens (primary N) is 1. The summed E-state index contributed by atoms with van der Waals surface area (Å²) in [4.78, 5) is 102. The van der Waals surface area contributed by atoms with Crippen molar-refractivity contribution < 1.29 is 88.6 Å². The van der Waals surface area contributed by atoms with Crippen molar-refractivity contribution in [1.29, 1.82) is 0 Å². The number of nitrogens with one attached hydrogen (secondary N) is 6. The van der Waals surface area contributed by atoms with Gasteiger partial charge in [-0.3, -0.25) is 38.7 Å². The van der Waals surface area contributed by atoms with E-state index in [2.05, 4.69) is 41.9 Å². The molecule has 3 unspecified atom stereocenters. The van der Waals surface area contributed by atoms with Crippen LogP contribution < -0.4 is 42.5 Å². The molecular formula is C52H66N10O18. The van der Waals surface area contributed by atoms with Gasteiger partial charge in [-0.05, 0) is 79.1 Å². The zero-order valence-electron chi connectivity index (χ0n) is 43.8. The van der Waals surface area contributed by atoms with Crippen LogP contribution in [0, 0.1) is 0 Å². The number of pyridine rings is 2. The molecule has 4 aromatic rings. The SMILES string of the molecule is CC(NC(=O)C(C)NC(=O)[C@H](O)[C@H](O)[C@@H](O[C@@H]1O[C@H](CO)[C@H](O)[C@H](O)[C@H]1O)[C@H](O)CO)C(=O)NC(CC(N)=O)C(=O)Nc1ccc(COC(=O)N2CC(C)(C)c3ccc(NC(=O)c4cccnc4NCc4ccncc4)cc32)cc1. The highest BCUT2D eigenvalue weighted by molar-refractivity contribution is 6.08. The second-order valence-corrected chi connectivity index (χ2v) is 19.7. The van der Waals surface area contributed by atoms with Gasteiger partial charge in [0.2, 0.25) is 23.6 Å². The summed E-state index contributed by atoms with van der Waals surface area (Å²) in [6.07, 6.45) is -14.8. The smallest absolute Gasteiger partial charge is 0.414 e. The van der Waals surface area contributed by atoms with Gasteiger partial charge in [-0.1, -0.05) is 32.0 Å². The Hall–Kier alpha value is -7.77. The number of nitrogens with zero attached hydrogens (tertiary/aromatic N) is 3. The molecule has 2 aromatic heterocycles. The number of hydrogen-bond acceptors (Lipinski definition) is 21. The van der Waals surface area contributed by atoms with Gasteiger partial charge in [0.15, 0.2) is 12.4 Å². The maximum Gasteiger partial charge on any atom is 0.414 e. The zero-order valence-corrected chi connectivity index (χ0v) is 43.8. The number of primary amides is 1. The Bertz CT molecular complexity index is 2830. The first-order valence-electron chi connectivity index (χ1n) is 25.1. The average molecular weight is 1120 g/mol. The van der Waals surface area contributed by atoms with Crippen LogP contribution in [-0.2, 0) is 56.7 Å². The molecule has 1 fully saturated rings. The van der Waals surface area contributed by atoms with Crippen molar-refractivity contribution in [3.05, 3.63) is 108 Å². The van der Waals surface area contributed by atoms with Crippen molar-refractivity contribution in [3.63, 3.8) is 0 Å². The quantitative estimate of drug-likeness (QED) is 0.0341. The van der Waals surface area contributed by atoms with Crippen LogP contribution in [-0.4, -0.2) is 185 Å². The molecule has 2 aliphatic heterocycles. The molecule has 0 aliphatic carbocycles. The third-order valence-electron chi connectivity index (χ3n) is 13.1. The molecule has 4 heterocycles. The van der Waals surface area contributed by atoms with E-state index in [-0.39, 0.29) is 18.8 Å². The molecule has 0 saturated carbocycles. The highest BCUT2D eigenvalue weighted by atomic mass is 16.7. The van der Waals surface area contributed by atoms with E-state index in [1.165, 1.54) is 24.0 Å². The first-order chi connectivity index (χ1) is 37.9. The van der Waals surface area contributed by atoms with E-state index in [1.807, 2.05) is 32.0 Å². The number of aromatic nitrogens is 2. The highest BCUT2D eigenvalue weighted by Gasteiger charge is 2.48. The molecule has 0 radical (unpaired) electrons. The Morgan fingerprint density at radius 2 is 1.44 bits per heavy atom. The predicted octanol–water partition coefficient (Wildman–Crippen LogP) is -2.66. The number of carbonyl (C=O) groups excluding carboxylic acids is 7. The Labute approximate surface area is 457 Å². The summed E-state index contributed by atoms with van der Waals surface area (Å²) < 4.78 is 16.2. The number of ether oxygens (including phenoxy) is 3. The maximum atomic E-state index is 13.7. The molecule has 16 N–H and O–H groups in total. The Morgan fingerprint density at radius 1 is 0.787 bits per heavy atom. The van der Waals surface area contributed by atoms with Gasteiger partial charge in [0.05, 0.1) is 30.9 Å². The van der Waals surface area contributed by atoms with E-state index in [1.54, 1.807) is 55.0 Å². The number of hydrogen-bond donors (Lipinski definition) is 15. The summed E-state index contributed by atoms with van der Waals surface area (Å²) in [7, 11) is 0. The second-order valence-electron chi connectivity index (χ2n) is 19.7. The maximum absolute atomic E-state index is 13.7. The minimum atomic E-state index is -2.50. The van der Waals surface area contributed by atoms with Crippen molar-refractivity contribution in [2.24, 2.45) is 5.73 Å². The van der Waals surface area contributed by atoms with Crippen molar-refractivity contribution in [2.75, 3.05) is 40.6 Å². The van der Waals surface area contributed by atoms with E-state index in [9.17, 15) is 74.4 Å². The lowest BCUT2D eigenvalue weighted by Gasteiger charge is -2.42. The lowest BCUT2D eigenvalue weighted by Crippen LogP contribution is -2.62. The number of aliphatic hydroxyl groups excluding tert-OH is 8. The van der Waals surface area contributed by atoms with Crippen LogP contribution in [0.1, 0.15) is 61.2 Å². The van der Waals surface area contributed by atoms with Gasteiger partial charge < -0.3 is 92.7 Å². The van der Waals surface area contributed by atoms with Gasteiger partial charge in [0, 0.05) is 48.5 Å². The van der Waals surface area contributed by atoms with Gasteiger partial charge >= 0.3 is 6.09 Å². The highest BCUT2D eigenvalue weighted by Crippen LogP contribution is 2.42. The molecule has 1 saturated heterocycles. The van der Waals surface area contributed by atoms with Crippen LogP contribution in [0.4, 0.5) is 27.7 Å². The second kappa shape index (κ2) is 27.4. The van der Waals surface area contributed by atoms with Gasteiger partial charge in [-0.2, -0.15) is 0 Å². The minimum Gasteiger partial charge on any atom is -0.444 e. The first kappa shape index (κ1) is 61.4. The van der Waals surface area contributed by atoms with E-state index >= 15 is 0 Å². The topological polar surface area (TPSA) is 436 Å². The van der Waals surface area contributed by atoms with Crippen LogP contribution in [0.15, 0.2) is 85.3 Å². The van der Waals surface area contributed by atoms with Gasteiger partial charge in [-0.25, -0.2) is 9.78 Å². The molecule has 0 spiro atoms. The Morgan fingerprint density at radius 3 is 2.09 bits per heavy atom. The molecular weight excluding hydrogens is 1050 g/mol. The first-order valence-corrected chi connectivity index (χ1v) is 25.1. The number of aliphatic hydroxyl groups is 8. The predicted molar refractivity (Wildman–Crippen MR) is 281 cm³/mol. The van der Waals surface area contributed by atoms with Crippen LogP contribution in [0.3, 0.4) is 0 Å². The summed E-state index contributed by atoms with van der Waals surface area (Å²) in [5.41, 5.74) is 8.72. The lowest BCUT2D eigenvalue weighted by molar-refractivity contribution is -0.326. The van der Waals surface area contributed by atoms with Crippen molar-refractivity contribution in [3.8, 4) is 0 Å². The van der Waals surface area contributed by atoms with E-state index < -0.39 is 140 Å². The standard InChI is InChI=1S/C52H66N10O18/c1-25(58-49(76)41(70)40(69)43(35(65)21-63)80-50-42(71)39(68)38(67)36(22-64)79-50)45(72)57-26(2)46(73)61-33(19-37(53)66)48(75)59-29-9-7-28(8-10-29)23-78-51(77)62-24-52(3,4)32-12-11-30(18-34(32)62)60-47(74)31-6-5-15-55-44(31)56-20-27-13-16-54-17-14-27/h5-18,25-26,33,35-36,38-43,50,63-65,67-71H,19-24H2,1-4H3,(H2,53,66)(H,55,56)(H,57,72)(H,58,76)(H,59,75)(H,60,74)(H,61,73)/t25?,26?,33?,35-,36-,38+,39+,40+,41-,42-,43+,50+/m1/s1. The molecule has 2 aliphatic rings. The molecule has 6 rings (SSSR count). The molecule has 80 heavy (non-hydrogen) atoms. The third kappa shape index (κ3) is 15.5. The largest absolute Gasteiger partial charge is 0.444 e. The number of anilines is 4. The summed E-state index contributed by atoms with van der Waals surface area (Å²) in [6, 6.07) is 13.8. The summed E-state index contributed by atoms with van der Waals surface area (Å²) in [5, 5.41) is 96.6. The van der Waals surface area contributed by atoms with Crippen LogP contribution in [0.5, 0.6) is 0 Å². The zero-order chi connectivity index (χ0) is 58.6. The lowest BCUT2D eigenvalue weighted by atomic mass is 9.87. The Balaban J connectivity index is 0.989. The molecule has 7 amide bonds. The van der Waals surface area contributed by atoms with E-state index in [0.29, 0.717) is 34.9 Å². The normalized spacial score (nSPS) is 20.9. The molecule has 0 bridgehead atoms.